The Morgan fingerprint density at radius 3 is 2.60 bits per heavy atom. The van der Waals surface area contributed by atoms with Crippen LogP contribution in [0, 0.1) is 21.4 Å². The predicted molar refractivity (Wildman–Crippen MR) is 107 cm³/mol. The van der Waals surface area contributed by atoms with Crippen molar-refractivity contribution >= 4 is 34.8 Å². The number of carbonyl (C=O) groups is 2. The number of hydrogen-bond acceptors (Lipinski definition) is 7. The Morgan fingerprint density at radius 1 is 1.27 bits per heavy atom. The Hall–Kier alpha value is -3.84. The summed E-state index contributed by atoms with van der Waals surface area (Å²) in [6.45, 7) is 1.63. The quantitative estimate of drug-likeness (QED) is 0.334. The first-order chi connectivity index (χ1) is 14.4. The van der Waals surface area contributed by atoms with Gasteiger partial charge in [0.05, 0.1) is 21.9 Å². The molecule has 1 N–H and O–H groups in total. The molecule has 30 heavy (non-hydrogen) atoms. The molecule has 0 unspecified atom stereocenters. The molecule has 1 aromatic carbocycles. The van der Waals surface area contributed by atoms with Crippen molar-refractivity contribution in [3.8, 4) is 6.07 Å². The van der Waals surface area contributed by atoms with Gasteiger partial charge in [-0.25, -0.2) is 0 Å². The molecule has 154 valence electrons. The summed E-state index contributed by atoms with van der Waals surface area (Å²) in [5.41, 5.74) is -0.399. The lowest BCUT2D eigenvalue weighted by atomic mass is 10.2. The number of carbonyl (C=O) groups excluding carboxylic acids is 2. The normalized spacial score (nSPS) is 14.2. The van der Waals surface area contributed by atoms with Gasteiger partial charge >= 0.3 is 0 Å². The number of anilines is 1. The average molecular weight is 430 g/mol. The van der Waals surface area contributed by atoms with Crippen LogP contribution < -0.4 is 5.32 Å². The van der Waals surface area contributed by atoms with Gasteiger partial charge in [-0.2, -0.15) is 5.26 Å². The maximum atomic E-state index is 12.4. The van der Waals surface area contributed by atoms with Gasteiger partial charge in [-0.1, -0.05) is 11.6 Å². The van der Waals surface area contributed by atoms with Crippen LogP contribution in [-0.2, 0) is 4.79 Å². The summed E-state index contributed by atoms with van der Waals surface area (Å²) in [4.78, 5) is 38.4. The lowest BCUT2D eigenvalue weighted by Gasteiger charge is -2.33. The van der Waals surface area contributed by atoms with E-state index in [9.17, 15) is 25.0 Å². The van der Waals surface area contributed by atoms with Crippen molar-refractivity contribution in [1.82, 2.24) is 9.80 Å². The number of nitriles is 1. The lowest BCUT2D eigenvalue weighted by Crippen LogP contribution is -2.47. The summed E-state index contributed by atoms with van der Waals surface area (Å²) in [5, 5.41) is 22.8. The smallest absolute Gasteiger partial charge is 0.289 e. The monoisotopic (exact) mass is 429 g/mol. The first-order valence-electron chi connectivity index (χ1n) is 8.83. The number of amides is 2. The highest BCUT2D eigenvalue weighted by atomic mass is 35.5. The lowest BCUT2D eigenvalue weighted by molar-refractivity contribution is -0.384. The zero-order valence-electron chi connectivity index (χ0n) is 15.6. The summed E-state index contributed by atoms with van der Waals surface area (Å²) >= 11 is 5.98. The number of nitro benzene ring substituents is 1. The molecule has 2 amide bonds. The summed E-state index contributed by atoms with van der Waals surface area (Å²) < 4.78 is 5.11. The second-order valence-corrected chi connectivity index (χ2v) is 6.74. The Bertz CT molecular complexity index is 1040. The number of nitro groups is 1. The van der Waals surface area contributed by atoms with Crippen LogP contribution in [0.5, 0.6) is 0 Å². The number of nitrogens with one attached hydrogen (secondary N) is 1. The summed E-state index contributed by atoms with van der Waals surface area (Å²) in [7, 11) is 0. The van der Waals surface area contributed by atoms with Crippen LogP contribution in [-0.4, -0.2) is 52.7 Å². The highest BCUT2D eigenvalue weighted by Crippen LogP contribution is 2.27. The van der Waals surface area contributed by atoms with E-state index in [1.54, 1.807) is 21.9 Å². The van der Waals surface area contributed by atoms with Crippen LogP contribution in [0.4, 0.5) is 11.4 Å². The topological polar surface area (TPSA) is 133 Å². The van der Waals surface area contributed by atoms with Crippen LogP contribution in [0.25, 0.3) is 0 Å². The standard InChI is InChI=1S/C19H16ClN5O5/c20-15-4-3-14(25(28)29)10-16(15)22-18(26)13(11-21)12-23-5-7-24(8-6-23)19(27)17-2-1-9-30-17/h1-4,9-10,12H,5-8H2,(H,22,26)/b13-12-. The van der Waals surface area contributed by atoms with Crippen LogP contribution >= 0.6 is 11.6 Å². The van der Waals surface area contributed by atoms with Crippen LogP contribution in [0.15, 0.2) is 52.8 Å². The molecule has 2 heterocycles. The molecule has 1 saturated heterocycles. The first-order valence-corrected chi connectivity index (χ1v) is 9.21. The zero-order chi connectivity index (χ0) is 21.7. The second kappa shape index (κ2) is 9.11. The number of non-ortho nitro benzene ring substituents is 1. The molecule has 2 aromatic rings. The van der Waals surface area contributed by atoms with E-state index >= 15 is 0 Å². The second-order valence-electron chi connectivity index (χ2n) is 6.34. The number of rotatable bonds is 5. The molecule has 0 bridgehead atoms. The van der Waals surface area contributed by atoms with Crippen molar-refractivity contribution in [2.45, 2.75) is 0 Å². The summed E-state index contributed by atoms with van der Waals surface area (Å²) in [6, 6.07) is 8.67. The highest BCUT2D eigenvalue weighted by molar-refractivity contribution is 6.34. The van der Waals surface area contributed by atoms with E-state index in [4.69, 9.17) is 16.0 Å². The van der Waals surface area contributed by atoms with Gasteiger partial charge in [-0.05, 0) is 18.2 Å². The molecule has 0 atom stereocenters. The van der Waals surface area contributed by atoms with Gasteiger partial charge in [0.15, 0.2) is 5.76 Å². The maximum absolute atomic E-state index is 12.4. The molecule has 0 saturated carbocycles. The number of hydrogen-bond donors (Lipinski definition) is 1. The van der Waals surface area contributed by atoms with Crippen LogP contribution in [0.2, 0.25) is 5.02 Å². The molecule has 1 aromatic heterocycles. The molecule has 11 heteroatoms. The Morgan fingerprint density at radius 2 is 2.00 bits per heavy atom. The molecule has 1 aliphatic rings. The minimum atomic E-state index is -0.742. The molecular weight excluding hydrogens is 414 g/mol. The minimum absolute atomic E-state index is 0.0332. The third-order valence-electron chi connectivity index (χ3n) is 4.42. The predicted octanol–water partition coefficient (Wildman–Crippen LogP) is 2.65. The molecule has 3 rings (SSSR count). The van der Waals surface area contributed by atoms with E-state index in [1.165, 1.54) is 24.6 Å². The fraction of sp³-hybridized carbons (Fsp3) is 0.211. The largest absolute Gasteiger partial charge is 0.459 e. The Kier molecular flexibility index (Phi) is 6.34. The summed E-state index contributed by atoms with van der Waals surface area (Å²) in [5.74, 6) is -0.707. The summed E-state index contributed by atoms with van der Waals surface area (Å²) in [6.07, 6.45) is 2.83. The van der Waals surface area contributed by atoms with Gasteiger partial charge in [0.1, 0.15) is 11.6 Å². The molecular formula is C19H16ClN5O5. The van der Waals surface area contributed by atoms with E-state index in [0.717, 1.165) is 6.07 Å². The van der Waals surface area contributed by atoms with E-state index in [2.05, 4.69) is 5.32 Å². The third kappa shape index (κ3) is 4.76. The maximum Gasteiger partial charge on any atom is 0.289 e. The molecule has 0 aliphatic carbocycles. The van der Waals surface area contributed by atoms with Crippen LogP contribution in [0.3, 0.4) is 0 Å². The van der Waals surface area contributed by atoms with E-state index in [-0.39, 0.29) is 33.6 Å². The van der Waals surface area contributed by atoms with Crippen molar-refractivity contribution < 1.29 is 18.9 Å². The van der Waals surface area contributed by atoms with Crippen molar-refractivity contribution in [3.63, 3.8) is 0 Å². The number of furan rings is 1. The fourth-order valence-corrected chi connectivity index (χ4v) is 3.01. The fourth-order valence-electron chi connectivity index (χ4n) is 2.84. The molecule has 10 nitrogen and oxygen atoms in total. The van der Waals surface area contributed by atoms with Crippen LogP contribution in [0.1, 0.15) is 10.6 Å². The van der Waals surface area contributed by atoms with E-state index in [1.807, 2.05) is 6.07 Å². The average Bonchev–Trinajstić information content (AvgIpc) is 3.28. The number of nitrogens with zero attached hydrogens (tertiary/aromatic N) is 4. The van der Waals surface area contributed by atoms with Gasteiger partial charge < -0.3 is 19.5 Å². The SMILES string of the molecule is N#C/C(=C/N1CCN(C(=O)c2ccco2)CC1)C(=O)Nc1cc([N+](=O)[O-])ccc1Cl. The zero-order valence-corrected chi connectivity index (χ0v) is 16.3. The third-order valence-corrected chi connectivity index (χ3v) is 4.75. The molecule has 1 aliphatic heterocycles. The van der Waals surface area contributed by atoms with Crippen molar-refractivity contribution in [3.05, 3.63) is 69.3 Å². The first kappa shape index (κ1) is 20.9. The van der Waals surface area contributed by atoms with Gasteiger partial charge in [-0.3, -0.25) is 19.7 Å². The van der Waals surface area contributed by atoms with E-state index < -0.39 is 10.8 Å². The van der Waals surface area contributed by atoms with Gasteiger partial charge in [0, 0.05) is 44.5 Å². The van der Waals surface area contributed by atoms with Crippen molar-refractivity contribution in [1.29, 1.82) is 5.26 Å². The number of halogens is 1. The van der Waals surface area contributed by atoms with Crippen molar-refractivity contribution in [2.75, 3.05) is 31.5 Å². The molecule has 0 radical (unpaired) electrons. The van der Waals surface area contributed by atoms with Gasteiger partial charge in [0.2, 0.25) is 0 Å². The highest BCUT2D eigenvalue weighted by Gasteiger charge is 2.23. The molecule has 1 fully saturated rings. The van der Waals surface area contributed by atoms with Gasteiger partial charge in [-0.15, -0.1) is 0 Å². The van der Waals surface area contributed by atoms with Crippen molar-refractivity contribution in [2.24, 2.45) is 0 Å². The Balaban J connectivity index is 1.64. The Labute approximate surface area is 176 Å². The number of piperazine rings is 1. The molecule has 0 spiro atoms. The van der Waals surface area contributed by atoms with Gasteiger partial charge in [0.25, 0.3) is 17.5 Å². The minimum Gasteiger partial charge on any atom is -0.459 e. The number of benzene rings is 1. The van der Waals surface area contributed by atoms with E-state index in [0.29, 0.717) is 26.2 Å².